The van der Waals surface area contributed by atoms with E-state index < -0.39 is 5.97 Å². The van der Waals surface area contributed by atoms with Gasteiger partial charge in [0, 0.05) is 27.6 Å². The molecule has 2 aromatic carbocycles. The normalized spacial score (nSPS) is 16.5. The van der Waals surface area contributed by atoms with Crippen molar-refractivity contribution < 1.29 is 14.3 Å². The van der Waals surface area contributed by atoms with Crippen LogP contribution in [0.15, 0.2) is 53.4 Å². The first kappa shape index (κ1) is 18.9. The number of hydrogen-bond donors (Lipinski definition) is 1. The van der Waals surface area contributed by atoms with Crippen LogP contribution in [0.1, 0.15) is 23.8 Å². The number of ether oxygens (including phenoxy) is 1. The number of fused-ring (bicyclic) bond motifs is 2. The minimum Gasteiger partial charge on any atom is -0.451 e. The second-order valence-electron chi connectivity index (χ2n) is 6.67. The van der Waals surface area contributed by atoms with Crippen LogP contribution in [-0.2, 0) is 9.53 Å². The molecule has 1 atom stereocenters. The summed E-state index contributed by atoms with van der Waals surface area (Å²) in [4.78, 5) is 31.0. The zero-order chi connectivity index (χ0) is 19.7. The molecular formula is C21H19ClN2O3S. The summed E-state index contributed by atoms with van der Waals surface area (Å²) in [5, 5.41) is 1.46. The van der Waals surface area contributed by atoms with Gasteiger partial charge in [0.05, 0.1) is 10.7 Å². The third-order valence-electron chi connectivity index (χ3n) is 4.72. The fraction of sp³-hybridized carbons (Fsp3) is 0.238. The van der Waals surface area contributed by atoms with Crippen molar-refractivity contribution >= 4 is 51.8 Å². The molecule has 0 spiro atoms. The van der Waals surface area contributed by atoms with E-state index in [4.69, 9.17) is 16.3 Å². The number of thioether (sulfide) groups is 1. The molecule has 2 heterocycles. The van der Waals surface area contributed by atoms with Crippen LogP contribution >= 0.6 is 23.4 Å². The number of rotatable bonds is 3. The lowest BCUT2D eigenvalue weighted by molar-refractivity contribution is -0.121. The zero-order valence-corrected chi connectivity index (χ0v) is 16.8. The number of nitrogens with zero attached hydrogens (tertiary/aromatic N) is 1. The molecular weight excluding hydrogens is 396 g/mol. The maximum atomic E-state index is 12.8. The van der Waals surface area contributed by atoms with Gasteiger partial charge in [-0.05, 0) is 24.6 Å². The van der Waals surface area contributed by atoms with Crippen LogP contribution in [0.2, 0.25) is 5.02 Å². The number of halogens is 1. The molecule has 3 aromatic rings. The largest absolute Gasteiger partial charge is 0.451 e. The number of aromatic nitrogens is 1. The molecule has 28 heavy (non-hydrogen) atoms. The van der Waals surface area contributed by atoms with Crippen LogP contribution in [0.5, 0.6) is 0 Å². The first-order valence-electron chi connectivity index (χ1n) is 9.04. The molecule has 7 heteroatoms. The third kappa shape index (κ3) is 3.62. The lowest BCUT2D eigenvalue weighted by Crippen LogP contribution is -2.35. The van der Waals surface area contributed by atoms with E-state index in [0.29, 0.717) is 16.8 Å². The van der Waals surface area contributed by atoms with Crippen LogP contribution in [0.25, 0.3) is 10.9 Å². The molecule has 1 aliphatic heterocycles. The molecule has 1 aliphatic rings. The van der Waals surface area contributed by atoms with Crippen molar-refractivity contribution in [3.05, 3.63) is 59.2 Å². The van der Waals surface area contributed by atoms with E-state index in [2.05, 4.69) is 11.9 Å². The molecule has 5 nitrogen and oxygen atoms in total. The lowest BCUT2D eigenvalue weighted by atomic mass is 10.2. The number of aromatic amines is 1. The molecule has 0 saturated carbocycles. The van der Waals surface area contributed by atoms with Crippen molar-refractivity contribution in [2.24, 2.45) is 0 Å². The van der Waals surface area contributed by atoms with E-state index >= 15 is 0 Å². The van der Waals surface area contributed by atoms with Crippen LogP contribution in [0.3, 0.4) is 0 Å². The highest BCUT2D eigenvalue weighted by Gasteiger charge is 2.26. The van der Waals surface area contributed by atoms with Crippen molar-refractivity contribution in [1.82, 2.24) is 4.98 Å². The van der Waals surface area contributed by atoms with Crippen molar-refractivity contribution in [1.29, 1.82) is 0 Å². The maximum absolute atomic E-state index is 12.8. The summed E-state index contributed by atoms with van der Waals surface area (Å²) in [5.74, 6) is -0.886. The van der Waals surface area contributed by atoms with Crippen LogP contribution in [0, 0.1) is 0 Å². The Morgan fingerprint density at radius 1 is 1.21 bits per heavy atom. The maximum Gasteiger partial charge on any atom is 0.356 e. The highest BCUT2D eigenvalue weighted by atomic mass is 35.5. The molecule has 1 unspecified atom stereocenters. The summed E-state index contributed by atoms with van der Waals surface area (Å²) in [7, 11) is 0. The fourth-order valence-electron chi connectivity index (χ4n) is 3.27. The first-order valence-corrected chi connectivity index (χ1v) is 10.3. The van der Waals surface area contributed by atoms with Gasteiger partial charge in [-0.3, -0.25) is 4.79 Å². The highest BCUT2D eigenvalue weighted by molar-refractivity contribution is 8.00. The van der Waals surface area contributed by atoms with Gasteiger partial charge in [0.1, 0.15) is 5.69 Å². The van der Waals surface area contributed by atoms with Gasteiger partial charge in [-0.2, -0.15) is 0 Å². The Labute approximate surface area is 172 Å². The van der Waals surface area contributed by atoms with Gasteiger partial charge in [-0.1, -0.05) is 48.9 Å². The summed E-state index contributed by atoms with van der Waals surface area (Å²) in [5.41, 5.74) is 1.77. The standard InChI is InChI=1S/C21H19ClN2O3S/c1-13-10-11-24(16-8-4-5-9-17(16)28-13)18(25)12-27-21(26)20-19(22)14-6-2-3-7-15(14)23-20/h2-9,13,23H,10-12H2,1H3. The Kier molecular flexibility index (Phi) is 5.33. The van der Waals surface area contributed by atoms with E-state index in [1.807, 2.05) is 48.5 Å². The molecule has 0 saturated heterocycles. The number of hydrogen-bond acceptors (Lipinski definition) is 4. The number of carbonyl (C=O) groups excluding carboxylic acids is 2. The number of esters is 1. The predicted molar refractivity (Wildman–Crippen MR) is 112 cm³/mol. The fourth-order valence-corrected chi connectivity index (χ4v) is 4.67. The Morgan fingerprint density at radius 3 is 2.79 bits per heavy atom. The zero-order valence-electron chi connectivity index (χ0n) is 15.3. The van der Waals surface area contributed by atoms with Gasteiger partial charge in [0.2, 0.25) is 0 Å². The van der Waals surface area contributed by atoms with E-state index in [1.54, 1.807) is 16.7 Å². The summed E-state index contributed by atoms with van der Waals surface area (Å²) in [6, 6.07) is 15.2. The van der Waals surface area contributed by atoms with E-state index in [9.17, 15) is 9.59 Å². The Hall–Kier alpha value is -2.44. The summed E-state index contributed by atoms with van der Waals surface area (Å²) in [6.07, 6.45) is 0.868. The van der Waals surface area contributed by atoms with Gasteiger partial charge < -0.3 is 14.6 Å². The van der Waals surface area contributed by atoms with Gasteiger partial charge in [0.25, 0.3) is 5.91 Å². The number of nitrogens with one attached hydrogen (secondary N) is 1. The molecule has 0 bridgehead atoms. The summed E-state index contributed by atoms with van der Waals surface area (Å²) in [6.45, 7) is 2.40. The van der Waals surface area contributed by atoms with E-state index in [-0.39, 0.29) is 18.2 Å². The molecule has 0 fully saturated rings. The second kappa shape index (κ2) is 7.89. The first-order chi connectivity index (χ1) is 13.5. The number of anilines is 1. The number of benzene rings is 2. The number of amides is 1. The van der Waals surface area contributed by atoms with Gasteiger partial charge in [-0.15, -0.1) is 11.8 Å². The highest BCUT2D eigenvalue weighted by Crippen LogP contribution is 2.37. The second-order valence-corrected chi connectivity index (χ2v) is 8.52. The van der Waals surface area contributed by atoms with Crippen LogP contribution in [-0.4, -0.2) is 35.3 Å². The average Bonchev–Trinajstić information content (AvgIpc) is 2.94. The predicted octanol–water partition coefficient (Wildman–Crippen LogP) is 4.90. The van der Waals surface area contributed by atoms with Crippen LogP contribution < -0.4 is 4.90 Å². The van der Waals surface area contributed by atoms with E-state index in [0.717, 1.165) is 27.9 Å². The third-order valence-corrected chi connectivity index (χ3v) is 6.35. The number of carbonyl (C=O) groups is 2. The van der Waals surface area contributed by atoms with Crippen molar-refractivity contribution in [2.45, 2.75) is 23.5 Å². The molecule has 1 amide bonds. The summed E-state index contributed by atoms with van der Waals surface area (Å²) < 4.78 is 5.28. The smallest absolute Gasteiger partial charge is 0.356 e. The molecule has 0 aliphatic carbocycles. The minimum atomic E-state index is -0.639. The van der Waals surface area contributed by atoms with Gasteiger partial charge in [-0.25, -0.2) is 4.79 Å². The molecule has 144 valence electrons. The SMILES string of the molecule is CC1CCN(C(=O)COC(=O)c2[nH]c3ccccc3c2Cl)c2ccccc2S1. The molecule has 1 N–H and O–H groups in total. The van der Waals surface area contributed by atoms with E-state index in [1.165, 1.54) is 0 Å². The summed E-state index contributed by atoms with van der Waals surface area (Å²) >= 11 is 8.05. The lowest BCUT2D eigenvalue weighted by Gasteiger charge is -2.22. The molecule has 4 rings (SSSR count). The Bertz CT molecular complexity index is 1050. The Morgan fingerprint density at radius 2 is 1.96 bits per heavy atom. The minimum absolute atomic E-state index is 0.163. The van der Waals surface area contributed by atoms with Crippen molar-refractivity contribution in [2.75, 3.05) is 18.1 Å². The average molecular weight is 415 g/mol. The van der Waals surface area contributed by atoms with Crippen molar-refractivity contribution in [3.63, 3.8) is 0 Å². The van der Waals surface area contributed by atoms with Gasteiger partial charge in [0.15, 0.2) is 6.61 Å². The quantitative estimate of drug-likeness (QED) is 0.619. The number of H-pyrrole nitrogens is 1. The topological polar surface area (TPSA) is 62.4 Å². The molecule has 1 aromatic heterocycles. The van der Waals surface area contributed by atoms with Gasteiger partial charge >= 0.3 is 5.97 Å². The molecule has 0 radical (unpaired) electrons. The Balaban J connectivity index is 1.49. The monoisotopic (exact) mass is 414 g/mol. The van der Waals surface area contributed by atoms with Crippen molar-refractivity contribution in [3.8, 4) is 0 Å². The number of para-hydroxylation sites is 2. The van der Waals surface area contributed by atoms with Crippen LogP contribution in [0.4, 0.5) is 5.69 Å².